The molecule has 11 heteroatoms. The van der Waals surface area contributed by atoms with E-state index >= 15 is 0 Å². The molecule has 1 aliphatic heterocycles. The maximum Gasteiger partial charge on any atom is 0.241 e. The minimum absolute atomic E-state index is 0.0832. The number of carbonyl (C=O) groups is 3. The number of aromatic amines is 1. The summed E-state index contributed by atoms with van der Waals surface area (Å²) < 4.78 is 7.90. The second-order valence-electron chi connectivity index (χ2n) is 14.0. The number of anilines is 4. The molecule has 0 unspecified atom stereocenters. The molecule has 10 nitrogen and oxygen atoms in total. The Hall–Kier alpha value is -4.22. The second kappa shape index (κ2) is 11.3. The molecule has 1 aliphatic carbocycles. The largest absolute Gasteiger partial charge is 0.360 e. The fourth-order valence-corrected chi connectivity index (χ4v) is 7.16. The van der Waals surface area contributed by atoms with Gasteiger partial charge < -0.3 is 20.4 Å². The third-order valence-electron chi connectivity index (χ3n) is 8.66. The van der Waals surface area contributed by atoms with Crippen LogP contribution in [0.25, 0.3) is 22.3 Å². The summed E-state index contributed by atoms with van der Waals surface area (Å²) in [5, 5.41) is 11.6. The van der Waals surface area contributed by atoms with Crippen molar-refractivity contribution in [1.29, 1.82) is 0 Å². The molecule has 0 bridgehead atoms. The van der Waals surface area contributed by atoms with Crippen LogP contribution in [0.15, 0.2) is 36.5 Å². The van der Waals surface area contributed by atoms with E-state index in [4.69, 9.17) is 9.84 Å². The third kappa shape index (κ3) is 5.94. The van der Waals surface area contributed by atoms with Crippen molar-refractivity contribution in [3.8, 4) is 11.4 Å². The van der Waals surface area contributed by atoms with Crippen LogP contribution in [-0.4, -0.2) is 47.2 Å². The Bertz CT molecular complexity index is 1810. The van der Waals surface area contributed by atoms with Gasteiger partial charge in [-0.3, -0.25) is 19.3 Å². The standard InChI is InChI=1S/C34H42N6O4Si/c1-20(41)35-23-13-24(36-21(2)42)15-25(14-23)40-30-16-27-26-10-8-9-22-18-39(19-44-11-12-45(5,6)7)38-31(22)32(26)37-29(27)17-28(30)34(3,4)33(40)43/h13-18,37H,8-12,19H2,1-7H3,(H,35,41)(H,36,42). The van der Waals surface area contributed by atoms with E-state index in [2.05, 4.69) is 53.6 Å². The Labute approximate surface area is 264 Å². The van der Waals surface area contributed by atoms with Gasteiger partial charge in [0.1, 0.15) is 12.4 Å². The van der Waals surface area contributed by atoms with E-state index in [0.717, 1.165) is 65.5 Å². The van der Waals surface area contributed by atoms with Gasteiger partial charge >= 0.3 is 0 Å². The SMILES string of the molecule is CC(=O)Nc1cc(NC(C)=O)cc(N2C(=O)C(C)(C)c3cc4[nH]c5c(c4cc32)CCCc2cn(COCC[Si](C)(C)C)nc2-5)c1. The molecule has 45 heavy (non-hydrogen) atoms. The van der Waals surface area contributed by atoms with Crippen LogP contribution in [0.4, 0.5) is 22.7 Å². The molecule has 236 valence electrons. The highest BCUT2D eigenvalue weighted by molar-refractivity contribution is 6.76. The van der Waals surface area contributed by atoms with Crippen molar-refractivity contribution >= 4 is 59.4 Å². The Balaban J connectivity index is 1.41. The predicted octanol–water partition coefficient (Wildman–Crippen LogP) is 6.71. The number of nitrogens with one attached hydrogen (secondary N) is 3. The van der Waals surface area contributed by atoms with Gasteiger partial charge in [-0.25, -0.2) is 4.68 Å². The zero-order chi connectivity index (χ0) is 32.3. The molecule has 0 saturated carbocycles. The summed E-state index contributed by atoms with van der Waals surface area (Å²) in [5.41, 5.74) is 7.81. The van der Waals surface area contributed by atoms with E-state index in [1.165, 1.54) is 25.0 Å². The molecule has 4 aromatic rings. The van der Waals surface area contributed by atoms with Gasteiger partial charge in [0.05, 0.1) is 22.5 Å². The maximum atomic E-state index is 14.0. The van der Waals surface area contributed by atoms with Gasteiger partial charge in [0.25, 0.3) is 0 Å². The van der Waals surface area contributed by atoms with Gasteiger partial charge in [-0.1, -0.05) is 19.6 Å². The molecule has 0 saturated heterocycles. The predicted molar refractivity (Wildman–Crippen MR) is 181 cm³/mol. The summed E-state index contributed by atoms with van der Waals surface area (Å²) >= 11 is 0. The number of aromatic nitrogens is 3. The minimum atomic E-state index is -1.16. The lowest BCUT2D eigenvalue weighted by molar-refractivity contribution is -0.121. The number of hydrogen-bond acceptors (Lipinski definition) is 5. The molecule has 0 radical (unpaired) electrons. The molecular weight excluding hydrogens is 584 g/mol. The monoisotopic (exact) mass is 626 g/mol. The molecule has 6 rings (SSSR count). The molecule has 0 fully saturated rings. The molecular formula is C34H42N6O4Si. The lowest BCUT2D eigenvalue weighted by Crippen LogP contribution is -2.33. The summed E-state index contributed by atoms with van der Waals surface area (Å²) in [6.45, 7) is 14.9. The Morgan fingerprint density at radius 2 is 1.71 bits per heavy atom. The summed E-state index contributed by atoms with van der Waals surface area (Å²) in [7, 11) is -1.16. The zero-order valence-electron chi connectivity index (χ0n) is 27.2. The first-order valence-corrected chi connectivity index (χ1v) is 19.3. The smallest absolute Gasteiger partial charge is 0.241 e. The number of hydrogen-bond donors (Lipinski definition) is 3. The first kappa shape index (κ1) is 30.8. The molecule has 2 aromatic carbocycles. The van der Waals surface area contributed by atoms with Crippen molar-refractivity contribution in [3.05, 3.63) is 53.2 Å². The number of rotatable bonds is 8. The van der Waals surface area contributed by atoms with Crippen LogP contribution in [0.5, 0.6) is 0 Å². The summed E-state index contributed by atoms with van der Waals surface area (Å²) in [6, 6.07) is 10.5. The molecule has 2 aromatic heterocycles. The van der Waals surface area contributed by atoms with E-state index in [0.29, 0.717) is 23.8 Å². The van der Waals surface area contributed by atoms with Crippen molar-refractivity contribution in [2.45, 2.75) is 84.8 Å². The highest BCUT2D eigenvalue weighted by Gasteiger charge is 2.45. The summed E-state index contributed by atoms with van der Waals surface area (Å²) in [4.78, 5) is 43.3. The highest BCUT2D eigenvalue weighted by atomic mass is 28.3. The van der Waals surface area contributed by atoms with Crippen LogP contribution in [0.2, 0.25) is 25.7 Å². The second-order valence-corrected chi connectivity index (χ2v) is 19.7. The summed E-state index contributed by atoms with van der Waals surface area (Å²) in [6.07, 6.45) is 4.92. The lowest BCUT2D eigenvalue weighted by atomic mass is 9.85. The third-order valence-corrected chi connectivity index (χ3v) is 10.4. The van der Waals surface area contributed by atoms with Crippen molar-refractivity contribution in [2.75, 3.05) is 22.1 Å². The molecule has 3 amide bonds. The molecule has 3 heterocycles. The Morgan fingerprint density at radius 3 is 2.36 bits per heavy atom. The number of H-pyrrole nitrogens is 1. The molecule has 0 atom stereocenters. The number of aryl methyl sites for hydroxylation is 2. The van der Waals surface area contributed by atoms with Gasteiger partial charge in [0.2, 0.25) is 17.7 Å². The normalized spacial score (nSPS) is 15.4. The summed E-state index contributed by atoms with van der Waals surface area (Å²) in [5.74, 6) is -0.572. The first-order chi connectivity index (χ1) is 21.2. The van der Waals surface area contributed by atoms with E-state index in [-0.39, 0.29) is 17.7 Å². The van der Waals surface area contributed by atoms with Gasteiger partial charge in [0.15, 0.2) is 0 Å². The fourth-order valence-electron chi connectivity index (χ4n) is 6.40. The van der Waals surface area contributed by atoms with Gasteiger partial charge in [-0.05, 0) is 86.2 Å². The van der Waals surface area contributed by atoms with Crippen molar-refractivity contribution in [1.82, 2.24) is 14.8 Å². The van der Waals surface area contributed by atoms with Gasteiger partial charge in [0, 0.05) is 57.0 Å². The van der Waals surface area contributed by atoms with E-state index < -0.39 is 13.5 Å². The maximum absolute atomic E-state index is 14.0. The van der Waals surface area contributed by atoms with Crippen LogP contribution < -0.4 is 15.5 Å². The highest BCUT2D eigenvalue weighted by Crippen LogP contribution is 2.49. The number of carbonyl (C=O) groups excluding carboxylic acids is 3. The zero-order valence-corrected chi connectivity index (χ0v) is 28.2. The van der Waals surface area contributed by atoms with Crippen LogP contribution in [-0.2, 0) is 44.1 Å². The first-order valence-electron chi connectivity index (χ1n) is 15.6. The topological polar surface area (TPSA) is 121 Å². The van der Waals surface area contributed by atoms with Crippen LogP contribution in [0.3, 0.4) is 0 Å². The number of amides is 3. The molecule has 2 aliphatic rings. The lowest BCUT2D eigenvalue weighted by Gasteiger charge is -2.22. The van der Waals surface area contributed by atoms with Crippen molar-refractivity contribution < 1.29 is 19.1 Å². The quantitative estimate of drug-likeness (QED) is 0.148. The van der Waals surface area contributed by atoms with E-state index in [9.17, 15) is 14.4 Å². The number of fused-ring (bicyclic) bond motifs is 6. The van der Waals surface area contributed by atoms with Crippen LogP contribution in [0.1, 0.15) is 50.8 Å². The fraction of sp³-hybridized carbons (Fsp3) is 0.412. The van der Waals surface area contributed by atoms with Crippen molar-refractivity contribution in [3.63, 3.8) is 0 Å². The van der Waals surface area contributed by atoms with Gasteiger partial charge in [-0.2, -0.15) is 5.10 Å². The number of nitrogens with zero attached hydrogens (tertiary/aromatic N) is 3. The van der Waals surface area contributed by atoms with Crippen molar-refractivity contribution in [2.24, 2.45) is 0 Å². The van der Waals surface area contributed by atoms with Crippen LogP contribution in [0, 0.1) is 0 Å². The minimum Gasteiger partial charge on any atom is -0.360 e. The Morgan fingerprint density at radius 1 is 1.02 bits per heavy atom. The molecule has 0 spiro atoms. The average Bonchev–Trinajstić information content (AvgIpc) is 3.51. The van der Waals surface area contributed by atoms with Crippen LogP contribution >= 0.6 is 0 Å². The van der Waals surface area contributed by atoms with Gasteiger partial charge in [-0.15, -0.1) is 0 Å². The average molecular weight is 627 g/mol. The number of benzene rings is 2. The Kier molecular flexibility index (Phi) is 7.73. The molecule has 3 N–H and O–H groups in total. The van der Waals surface area contributed by atoms with E-state index in [1.807, 2.05) is 18.5 Å². The number of ether oxygens (including phenoxy) is 1. The van der Waals surface area contributed by atoms with E-state index in [1.54, 1.807) is 23.1 Å².